The predicted octanol–water partition coefficient (Wildman–Crippen LogP) is 3.34. The molecule has 2 aliphatic carbocycles. The second-order valence-electron chi connectivity index (χ2n) is 7.42. The molecule has 2 saturated carbocycles. The maximum atomic E-state index is 10.6. The van der Waals surface area contributed by atoms with Crippen molar-refractivity contribution in [2.45, 2.75) is 77.4 Å². The Bertz CT molecular complexity index is 258. The fraction of sp³-hybridized carbons (Fsp3) is 1.00. The van der Waals surface area contributed by atoms with Gasteiger partial charge in [-0.2, -0.15) is 0 Å². The standard InChI is InChI=1S/C16H31NO/c1-12-5-4-6-16(18,10-12)11-17-15-8-13(2)7-14(3)9-15/h12-15,17-18H,4-11H2,1-3H3. The lowest BCUT2D eigenvalue weighted by Gasteiger charge is -2.39. The molecule has 0 aromatic carbocycles. The molecule has 0 amide bonds. The first-order chi connectivity index (χ1) is 8.47. The first kappa shape index (κ1) is 14.3. The van der Waals surface area contributed by atoms with Crippen LogP contribution in [0.15, 0.2) is 0 Å². The van der Waals surface area contributed by atoms with Gasteiger partial charge < -0.3 is 10.4 Å². The van der Waals surface area contributed by atoms with Crippen molar-refractivity contribution in [1.29, 1.82) is 0 Å². The van der Waals surface area contributed by atoms with Crippen LogP contribution in [0.3, 0.4) is 0 Å². The van der Waals surface area contributed by atoms with E-state index in [-0.39, 0.29) is 0 Å². The third-order valence-electron chi connectivity index (χ3n) is 4.97. The van der Waals surface area contributed by atoms with Gasteiger partial charge in [0.1, 0.15) is 0 Å². The van der Waals surface area contributed by atoms with E-state index in [0.717, 1.165) is 31.2 Å². The maximum absolute atomic E-state index is 10.6. The summed E-state index contributed by atoms with van der Waals surface area (Å²) in [6.07, 6.45) is 8.40. The minimum atomic E-state index is -0.429. The summed E-state index contributed by atoms with van der Waals surface area (Å²) in [4.78, 5) is 0. The summed E-state index contributed by atoms with van der Waals surface area (Å²) in [6, 6.07) is 0.630. The monoisotopic (exact) mass is 253 g/mol. The van der Waals surface area contributed by atoms with Gasteiger partial charge in [-0.15, -0.1) is 0 Å². The molecule has 4 atom stereocenters. The van der Waals surface area contributed by atoms with E-state index in [2.05, 4.69) is 26.1 Å². The lowest BCUT2D eigenvalue weighted by Crippen LogP contribution is -2.48. The summed E-state index contributed by atoms with van der Waals surface area (Å²) >= 11 is 0. The van der Waals surface area contributed by atoms with Gasteiger partial charge in [-0.3, -0.25) is 0 Å². The van der Waals surface area contributed by atoms with Gasteiger partial charge in [-0.1, -0.05) is 33.6 Å². The molecule has 0 aliphatic heterocycles. The first-order valence-electron chi connectivity index (χ1n) is 7.92. The second-order valence-corrected chi connectivity index (χ2v) is 7.42. The van der Waals surface area contributed by atoms with Gasteiger partial charge in [0.15, 0.2) is 0 Å². The van der Waals surface area contributed by atoms with Crippen LogP contribution in [0.5, 0.6) is 0 Å². The Hall–Kier alpha value is -0.0800. The fourth-order valence-corrected chi connectivity index (χ4v) is 4.24. The third-order valence-corrected chi connectivity index (χ3v) is 4.97. The first-order valence-corrected chi connectivity index (χ1v) is 7.92. The Kier molecular flexibility index (Phi) is 4.71. The Morgan fingerprint density at radius 2 is 1.72 bits per heavy atom. The molecule has 4 unspecified atom stereocenters. The lowest BCUT2D eigenvalue weighted by molar-refractivity contribution is -0.0156. The van der Waals surface area contributed by atoms with Gasteiger partial charge in [-0.25, -0.2) is 0 Å². The summed E-state index contributed by atoms with van der Waals surface area (Å²) in [5.41, 5.74) is -0.429. The van der Waals surface area contributed by atoms with Crippen molar-refractivity contribution in [3.63, 3.8) is 0 Å². The van der Waals surface area contributed by atoms with E-state index >= 15 is 0 Å². The minimum absolute atomic E-state index is 0.429. The lowest BCUT2D eigenvalue weighted by atomic mass is 9.77. The minimum Gasteiger partial charge on any atom is -0.389 e. The third kappa shape index (κ3) is 3.96. The van der Waals surface area contributed by atoms with Crippen LogP contribution in [0.2, 0.25) is 0 Å². The zero-order valence-corrected chi connectivity index (χ0v) is 12.4. The van der Waals surface area contributed by atoms with E-state index in [4.69, 9.17) is 0 Å². The van der Waals surface area contributed by atoms with Crippen molar-refractivity contribution in [2.75, 3.05) is 6.54 Å². The molecule has 0 radical (unpaired) electrons. The van der Waals surface area contributed by atoms with Crippen molar-refractivity contribution in [2.24, 2.45) is 17.8 Å². The van der Waals surface area contributed by atoms with Gasteiger partial charge in [0.2, 0.25) is 0 Å². The molecule has 0 heterocycles. The highest BCUT2D eigenvalue weighted by atomic mass is 16.3. The Morgan fingerprint density at radius 3 is 2.33 bits per heavy atom. The second kappa shape index (κ2) is 5.92. The molecule has 0 spiro atoms. The molecule has 2 aliphatic rings. The molecule has 0 aromatic rings. The zero-order valence-electron chi connectivity index (χ0n) is 12.4. The highest BCUT2D eigenvalue weighted by Crippen LogP contribution is 2.33. The van der Waals surface area contributed by atoms with Crippen LogP contribution in [-0.2, 0) is 0 Å². The summed E-state index contributed by atoms with van der Waals surface area (Å²) in [5.74, 6) is 2.37. The zero-order chi connectivity index (χ0) is 13.2. The van der Waals surface area contributed by atoms with E-state index in [9.17, 15) is 5.11 Å². The SMILES string of the molecule is CC1CC(C)CC(NCC2(O)CCCC(C)C2)C1. The Morgan fingerprint density at radius 1 is 1.06 bits per heavy atom. The summed E-state index contributed by atoms with van der Waals surface area (Å²) in [7, 11) is 0. The van der Waals surface area contributed by atoms with Crippen LogP contribution in [-0.4, -0.2) is 23.3 Å². The summed E-state index contributed by atoms with van der Waals surface area (Å²) in [5, 5.41) is 14.3. The smallest absolute Gasteiger partial charge is 0.0774 e. The average molecular weight is 253 g/mol. The molecule has 18 heavy (non-hydrogen) atoms. The molecule has 2 heteroatoms. The number of aliphatic hydroxyl groups is 1. The van der Waals surface area contributed by atoms with Crippen molar-refractivity contribution in [1.82, 2.24) is 5.32 Å². The predicted molar refractivity (Wildman–Crippen MR) is 76.6 cm³/mol. The van der Waals surface area contributed by atoms with Crippen molar-refractivity contribution in [3.8, 4) is 0 Å². The number of nitrogens with one attached hydrogen (secondary N) is 1. The molecule has 2 N–H and O–H groups in total. The highest BCUT2D eigenvalue weighted by molar-refractivity contribution is 4.89. The average Bonchev–Trinajstić information content (AvgIpc) is 2.25. The number of rotatable bonds is 3. The van der Waals surface area contributed by atoms with Gasteiger partial charge >= 0.3 is 0 Å². The number of hydrogen-bond acceptors (Lipinski definition) is 2. The molecule has 0 aromatic heterocycles. The van der Waals surface area contributed by atoms with Crippen LogP contribution >= 0.6 is 0 Å². The Labute approximate surface area is 113 Å². The van der Waals surface area contributed by atoms with Crippen LogP contribution in [0, 0.1) is 17.8 Å². The number of hydrogen-bond donors (Lipinski definition) is 2. The molecular weight excluding hydrogens is 222 g/mol. The van der Waals surface area contributed by atoms with E-state index in [1.807, 2.05) is 0 Å². The van der Waals surface area contributed by atoms with Gasteiger partial charge in [0, 0.05) is 12.6 Å². The summed E-state index contributed by atoms with van der Waals surface area (Å²) < 4.78 is 0. The largest absolute Gasteiger partial charge is 0.389 e. The van der Waals surface area contributed by atoms with Crippen molar-refractivity contribution in [3.05, 3.63) is 0 Å². The van der Waals surface area contributed by atoms with Crippen LogP contribution in [0.25, 0.3) is 0 Å². The fourth-order valence-electron chi connectivity index (χ4n) is 4.24. The molecule has 2 rings (SSSR count). The highest BCUT2D eigenvalue weighted by Gasteiger charge is 2.33. The van der Waals surface area contributed by atoms with E-state index in [1.54, 1.807) is 0 Å². The molecule has 0 saturated heterocycles. The molecule has 0 bridgehead atoms. The van der Waals surface area contributed by atoms with Gasteiger partial charge in [0.25, 0.3) is 0 Å². The van der Waals surface area contributed by atoms with Gasteiger partial charge in [-0.05, 0) is 49.9 Å². The van der Waals surface area contributed by atoms with Gasteiger partial charge in [0.05, 0.1) is 5.60 Å². The van der Waals surface area contributed by atoms with Crippen molar-refractivity contribution < 1.29 is 5.11 Å². The normalized spacial score (nSPS) is 46.0. The summed E-state index contributed by atoms with van der Waals surface area (Å²) in [6.45, 7) is 7.81. The molecule has 2 nitrogen and oxygen atoms in total. The van der Waals surface area contributed by atoms with E-state index in [1.165, 1.54) is 32.1 Å². The molecule has 2 fully saturated rings. The maximum Gasteiger partial charge on any atom is 0.0774 e. The quantitative estimate of drug-likeness (QED) is 0.808. The Balaban J connectivity index is 1.79. The topological polar surface area (TPSA) is 32.3 Å². The molecule has 106 valence electrons. The van der Waals surface area contributed by atoms with Crippen LogP contribution in [0.1, 0.15) is 65.7 Å². The van der Waals surface area contributed by atoms with Crippen molar-refractivity contribution >= 4 is 0 Å². The van der Waals surface area contributed by atoms with E-state index in [0.29, 0.717) is 12.0 Å². The van der Waals surface area contributed by atoms with E-state index < -0.39 is 5.60 Å². The van der Waals surface area contributed by atoms with Crippen LogP contribution < -0.4 is 5.32 Å². The molecular formula is C16H31NO. The van der Waals surface area contributed by atoms with Crippen LogP contribution in [0.4, 0.5) is 0 Å².